The number of thiophene rings is 1. The highest BCUT2D eigenvalue weighted by Crippen LogP contribution is 2.32. The third-order valence-electron chi connectivity index (χ3n) is 3.29. The summed E-state index contributed by atoms with van der Waals surface area (Å²) in [5, 5.41) is 13.7. The van der Waals surface area contributed by atoms with E-state index in [0.29, 0.717) is 24.3 Å². The summed E-state index contributed by atoms with van der Waals surface area (Å²) in [5.74, 6) is -0.115. The molecule has 8 heteroatoms. The Balaban J connectivity index is 1.69. The maximum atomic E-state index is 12.4. The molecule has 3 rings (SSSR count). The van der Waals surface area contributed by atoms with Gasteiger partial charge in [0.25, 0.3) is 5.91 Å². The first-order chi connectivity index (χ1) is 11.0. The molecule has 0 aliphatic heterocycles. The van der Waals surface area contributed by atoms with Crippen molar-refractivity contribution in [3.8, 4) is 0 Å². The average molecular weight is 394 g/mol. The molecule has 1 aromatic carbocycles. The molecule has 0 aliphatic rings. The Morgan fingerprint density at radius 1 is 1.52 bits per heavy atom. The van der Waals surface area contributed by atoms with Crippen molar-refractivity contribution in [1.29, 1.82) is 0 Å². The van der Waals surface area contributed by atoms with E-state index in [2.05, 4.69) is 31.6 Å². The quantitative estimate of drug-likeness (QED) is 0.697. The van der Waals surface area contributed by atoms with Gasteiger partial charge in [0.2, 0.25) is 0 Å². The minimum Gasteiger partial charge on any atom is -0.346 e. The number of hydrogen-bond acceptors (Lipinski definition) is 5. The lowest BCUT2D eigenvalue weighted by Crippen LogP contribution is -2.23. The minimum absolute atomic E-state index is 0.00904. The van der Waals surface area contributed by atoms with Gasteiger partial charge >= 0.3 is 0 Å². The average Bonchev–Trinajstić information content (AvgIpc) is 3.12. The van der Waals surface area contributed by atoms with Crippen molar-refractivity contribution in [2.75, 3.05) is 0 Å². The summed E-state index contributed by atoms with van der Waals surface area (Å²) in [4.78, 5) is 12.4. The van der Waals surface area contributed by atoms with Gasteiger partial charge < -0.3 is 11.1 Å². The fourth-order valence-corrected chi connectivity index (χ4v) is 3.87. The van der Waals surface area contributed by atoms with Gasteiger partial charge in [-0.25, -0.2) is 0 Å². The topological polar surface area (TPSA) is 85.8 Å². The molecule has 6 nitrogen and oxygen atoms in total. The van der Waals surface area contributed by atoms with Crippen LogP contribution in [0.3, 0.4) is 0 Å². The monoisotopic (exact) mass is 393 g/mol. The first-order valence-corrected chi connectivity index (χ1v) is 8.80. The van der Waals surface area contributed by atoms with Crippen molar-refractivity contribution in [2.24, 2.45) is 5.73 Å². The number of carbonyl (C=O) groups is 1. The molecule has 3 N–H and O–H groups in total. The smallest absolute Gasteiger partial charge is 0.253 e. The van der Waals surface area contributed by atoms with Crippen molar-refractivity contribution in [3.05, 3.63) is 45.5 Å². The van der Waals surface area contributed by atoms with Crippen LogP contribution in [0.4, 0.5) is 0 Å². The third kappa shape index (κ3) is 3.60. The van der Waals surface area contributed by atoms with E-state index in [0.717, 1.165) is 14.6 Å². The lowest BCUT2D eigenvalue weighted by Gasteiger charge is -2.03. The summed E-state index contributed by atoms with van der Waals surface area (Å²) in [7, 11) is 0. The first kappa shape index (κ1) is 16.1. The molecule has 0 spiro atoms. The van der Waals surface area contributed by atoms with Gasteiger partial charge in [-0.15, -0.1) is 16.4 Å². The van der Waals surface area contributed by atoms with Crippen LogP contribution in [0.15, 0.2) is 34.2 Å². The van der Waals surface area contributed by atoms with Crippen LogP contribution in [0, 0.1) is 0 Å². The van der Waals surface area contributed by atoms with Crippen molar-refractivity contribution in [3.63, 3.8) is 0 Å². The van der Waals surface area contributed by atoms with E-state index >= 15 is 0 Å². The van der Waals surface area contributed by atoms with Crippen LogP contribution < -0.4 is 11.1 Å². The lowest BCUT2D eigenvalue weighted by molar-refractivity contribution is 0.0952. The first-order valence-electron chi connectivity index (χ1n) is 7.13. The highest BCUT2D eigenvalue weighted by atomic mass is 79.9. The molecule has 23 heavy (non-hydrogen) atoms. The zero-order chi connectivity index (χ0) is 16.4. The van der Waals surface area contributed by atoms with Crippen molar-refractivity contribution >= 4 is 43.3 Å². The summed E-state index contributed by atoms with van der Waals surface area (Å²) in [5.41, 5.74) is 7.11. The Bertz CT molecular complexity index is 841. The fourth-order valence-electron chi connectivity index (χ4n) is 2.27. The molecule has 0 saturated carbocycles. The van der Waals surface area contributed by atoms with Crippen molar-refractivity contribution in [1.82, 2.24) is 20.3 Å². The molecule has 1 amide bonds. The Morgan fingerprint density at radius 3 is 3.13 bits per heavy atom. The van der Waals surface area contributed by atoms with Crippen LogP contribution in [0.1, 0.15) is 23.0 Å². The Morgan fingerprint density at radius 2 is 2.35 bits per heavy atom. The number of hydrogen-bond donors (Lipinski definition) is 2. The van der Waals surface area contributed by atoms with Crippen LogP contribution in [-0.4, -0.2) is 26.9 Å². The molecule has 0 radical (unpaired) electrons. The van der Waals surface area contributed by atoms with Crippen LogP contribution in [0.5, 0.6) is 0 Å². The second kappa shape index (κ2) is 6.77. The molecule has 2 aromatic heterocycles. The zero-order valence-corrected chi connectivity index (χ0v) is 14.9. The summed E-state index contributed by atoms with van der Waals surface area (Å²) < 4.78 is 3.75. The van der Waals surface area contributed by atoms with Gasteiger partial charge in [-0.3, -0.25) is 9.48 Å². The van der Waals surface area contributed by atoms with Crippen molar-refractivity contribution in [2.45, 2.75) is 26.1 Å². The number of nitrogens with two attached hydrogens (primary N) is 1. The maximum absolute atomic E-state index is 12.4. The molecule has 0 saturated heterocycles. The molecule has 120 valence electrons. The number of benzene rings is 1. The van der Waals surface area contributed by atoms with E-state index in [-0.39, 0.29) is 11.9 Å². The molecule has 0 fully saturated rings. The van der Waals surface area contributed by atoms with Crippen LogP contribution >= 0.6 is 27.3 Å². The van der Waals surface area contributed by atoms with Crippen LogP contribution in [-0.2, 0) is 13.1 Å². The van der Waals surface area contributed by atoms with Crippen molar-refractivity contribution < 1.29 is 4.79 Å². The number of rotatable bonds is 5. The van der Waals surface area contributed by atoms with E-state index in [9.17, 15) is 4.79 Å². The highest BCUT2D eigenvalue weighted by molar-refractivity contribution is 9.10. The molecule has 1 atom stereocenters. The highest BCUT2D eigenvalue weighted by Gasteiger charge is 2.14. The summed E-state index contributed by atoms with van der Waals surface area (Å²) in [6, 6.07) is 5.85. The van der Waals surface area contributed by atoms with E-state index in [1.807, 2.05) is 30.5 Å². The van der Waals surface area contributed by atoms with E-state index in [1.165, 1.54) is 0 Å². The standard InChI is InChI=1S/C15H16BrN5OS/c1-9(17)6-21-7-10(19-20-21)5-18-15(22)12-8-23-14-11(12)3-2-4-13(14)16/h2-4,7-9H,5-6,17H2,1H3,(H,18,22)/t9-/m0/s1. The van der Waals surface area contributed by atoms with E-state index in [4.69, 9.17) is 5.73 Å². The maximum Gasteiger partial charge on any atom is 0.253 e. The summed E-state index contributed by atoms with van der Waals surface area (Å²) >= 11 is 5.05. The Kier molecular flexibility index (Phi) is 4.74. The molecular formula is C15H16BrN5OS. The molecule has 2 heterocycles. The number of fused-ring (bicyclic) bond motifs is 1. The zero-order valence-electron chi connectivity index (χ0n) is 12.5. The van der Waals surface area contributed by atoms with Gasteiger partial charge in [0.15, 0.2) is 0 Å². The normalized spacial score (nSPS) is 12.5. The lowest BCUT2D eigenvalue weighted by atomic mass is 10.1. The number of nitrogens with zero attached hydrogens (tertiary/aromatic N) is 3. The van der Waals surface area contributed by atoms with Crippen LogP contribution in [0.25, 0.3) is 10.1 Å². The largest absolute Gasteiger partial charge is 0.346 e. The number of amides is 1. The number of aromatic nitrogens is 3. The number of nitrogens with one attached hydrogen (secondary N) is 1. The second-order valence-corrected chi connectivity index (χ2v) is 7.09. The van der Waals surface area contributed by atoms with Crippen LogP contribution in [0.2, 0.25) is 0 Å². The van der Waals surface area contributed by atoms with Gasteiger partial charge in [0.1, 0.15) is 5.69 Å². The van der Waals surface area contributed by atoms with Gasteiger partial charge in [0.05, 0.1) is 24.8 Å². The van der Waals surface area contributed by atoms with Gasteiger partial charge in [-0.1, -0.05) is 17.3 Å². The number of halogens is 1. The SMILES string of the molecule is C[C@H](N)Cn1cc(CNC(=O)c2csc3c(Br)cccc23)nn1. The van der Waals surface area contributed by atoms with E-state index in [1.54, 1.807) is 22.2 Å². The molecule has 3 aromatic rings. The molecular weight excluding hydrogens is 378 g/mol. The fraction of sp³-hybridized carbons (Fsp3) is 0.267. The molecule has 0 aliphatic carbocycles. The van der Waals surface area contributed by atoms with Gasteiger partial charge in [-0.2, -0.15) is 0 Å². The predicted molar refractivity (Wildman–Crippen MR) is 94.4 cm³/mol. The van der Waals surface area contributed by atoms with Gasteiger partial charge in [0, 0.05) is 26.0 Å². The third-order valence-corrected chi connectivity index (χ3v) is 5.24. The predicted octanol–water partition coefficient (Wildman–Crippen LogP) is 2.53. The van der Waals surface area contributed by atoms with Gasteiger partial charge in [-0.05, 0) is 28.9 Å². The summed E-state index contributed by atoms with van der Waals surface area (Å²) in [6.07, 6.45) is 1.80. The minimum atomic E-state index is -0.115. The Labute approximate surface area is 145 Å². The molecule has 0 unspecified atom stereocenters. The second-order valence-electron chi connectivity index (χ2n) is 5.36. The Hall–Kier alpha value is -1.77. The van der Waals surface area contributed by atoms with E-state index < -0.39 is 0 Å². The number of carbonyl (C=O) groups excluding carboxylic acids is 1. The molecule has 0 bridgehead atoms. The summed E-state index contributed by atoms with van der Waals surface area (Å²) in [6.45, 7) is 2.84.